The Kier molecular flexibility index (Phi) is 5.08. The maximum atomic E-state index is 13.9. The second-order valence-electron chi connectivity index (χ2n) is 5.40. The fourth-order valence-electron chi connectivity index (χ4n) is 2.76. The van der Waals surface area contributed by atoms with Crippen LogP contribution in [0.1, 0.15) is 42.5 Å². The molecule has 1 fully saturated rings. The first-order valence-electron chi connectivity index (χ1n) is 6.99. The van der Waals surface area contributed by atoms with Crippen molar-refractivity contribution in [1.29, 1.82) is 0 Å². The van der Waals surface area contributed by atoms with Crippen LogP contribution in [0.25, 0.3) is 0 Å². The van der Waals surface area contributed by atoms with Crippen molar-refractivity contribution in [3.63, 3.8) is 0 Å². The third kappa shape index (κ3) is 3.48. The molecule has 1 aliphatic carbocycles. The Hall–Kier alpha value is -1.30. The highest BCUT2D eigenvalue weighted by Gasteiger charge is 2.31. The number of rotatable bonds is 5. The Morgan fingerprint density at radius 1 is 1.29 bits per heavy atom. The quantitative estimate of drug-likeness (QED) is 0.857. The lowest BCUT2D eigenvalue weighted by Crippen LogP contribution is -2.35. The molecule has 1 aromatic carbocycles. The van der Waals surface area contributed by atoms with Crippen molar-refractivity contribution in [3.05, 3.63) is 29.3 Å². The molecule has 0 saturated heterocycles. The molecule has 0 aliphatic heterocycles. The zero-order valence-corrected chi connectivity index (χ0v) is 12.7. The summed E-state index contributed by atoms with van der Waals surface area (Å²) in [6.45, 7) is 0.553. The second-order valence-corrected chi connectivity index (χ2v) is 6.67. The van der Waals surface area contributed by atoms with E-state index in [1.54, 1.807) is 11.8 Å². The van der Waals surface area contributed by atoms with Gasteiger partial charge in [0.2, 0.25) is 0 Å². The minimum atomic E-state index is -1.47. The average molecular weight is 315 g/mol. The molecule has 0 amide bonds. The molecule has 1 aromatic rings. The number of carboxylic acid groups (broad SMARTS) is 1. The van der Waals surface area contributed by atoms with E-state index in [4.69, 9.17) is 5.11 Å². The summed E-state index contributed by atoms with van der Waals surface area (Å²) in [5.74, 6) is -3.90. The van der Waals surface area contributed by atoms with Crippen LogP contribution in [-0.2, 0) is 0 Å². The minimum absolute atomic E-state index is 0.0245. The van der Waals surface area contributed by atoms with Gasteiger partial charge in [0.25, 0.3) is 0 Å². The smallest absolute Gasteiger partial charge is 0.338 e. The Labute approximate surface area is 127 Å². The van der Waals surface area contributed by atoms with Crippen molar-refractivity contribution in [2.75, 3.05) is 18.1 Å². The van der Waals surface area contributed by atoms with Crippen LogP contribution in [0, 0.1) is 11.6 Å². The normalized spacial score (nSPS) is 17.5. The molecular weight excluding hydrogens is 296 g/mol. The van der Waals surface area contributed by atoms with E-state index < -0.39 is 23.2 Å². The molecule has 1 aliphatic rings. The molecule has 21 heavy (non-hydrogen) atoms. The van der Waals surface area contributed by atoms with Crippen LogP contribution in [0.15, 0.2) is 12.1 Å². The van der Waals surface area contributed by atoms with Crippen LogP contribution >= 0.6 is 11.8 Å². The van der Waals surface area contributed by atoms with Gasteiger partial charge in [-0.05, 0) is 31.2 Å². The first kappa shape index (κ1) is 16.1. The van der Waals surface area contributed by atoms with Gasteiger partial charge < -0.3 is 10.4 Å². The molecule has 116 valence electrons. The Balaban J connectivity index is 2.13. The molecule has 2 rings (SSSR count). The van der Waals surface area contributed by atoms with Crippen LogP contribution in [0.5, 0.6) is 0 Å². The molecule has 0 aromatic heterocycles. The van der Waals surface area contributed by atoms with E-state index in [2.05, 4.69) is 5.32 Å². The van der Waals surface area contributed by atoms with E-state index in [1.807, 2.05) is 6.26 Å². The molecule has 0 heterocycles. The summed E-state index contributed by atoms with van der Waals surface area (Å²) in [6, 6.07) is 2.38. The van der Waals surface area contributed by atoms with Gasteiger partial charge in [0.1, 0.15) is 0 Å². The molecule has 0 bridgehead atoms. The topological polar surface area (TPSA) is 49.3 Å². The highest BCUT2D eigenvalue weighted by atomic mass is 32.2. The van der Waals surface area contributed by atoms with Crippen molar-refractivity contribution < 1.29 is 18.7 Å². The lowest BCUT2D eigenvalue weighted by Gasteiger charge is -2.36. The Bertz CT molecular complexity index is 531. The number of hydrogen-bond acceptors (Lipinski definition) is 3. The van der Waals surface area contributed by atoms with Crippen molar-refractivity contribution in [3.8, 4) is 0 Å². The van der Waals surface area contributed by atoms with Crippen LogP contribution in [0.3, 0.4) is 0 Å². The fourth-order valence-corrected chi connectivity index (χ4v) is 3.67. The summed E-state index contributed by atoms with van der Waals surface area (Å²) >= 11 is 1.76. The number of halogens is 2. The van der Waals surface area contributed by atoms with Crippen LogP contribution in [0.4, 0.5) is 14.5 Å². The maximum absolute atomic E-state index is 13.9. The lowest BCUT2D eigenvalue weighted by atomic mass is 9.88. The molecule has 0 unspecified atom stereocenters. The van der Waals surface area contributed by atoms with Gasteiger partial charge in [-0.2, -0.15) is 11.8 Å². The molecule has 6 heteroatoms. The van der Waals surface area contributed by atoms with Crippen molar-refractivity contribution in [1.82, 2.24) is 0 Å². The summed E-state index contributed by atoms with van der Waals surface area (Å²) in [5, 5.41) is 11.7. The van der Waals surface area contributed by atoms with Crippen molar-refractivity contribution in [2.45, 2.75) is 36.9 Å². The van der Waals surface area contributed by atoms with Crippen LogP contribution < -0.4 is 5.32 Å². The second kappa shape index (κ2) is 6.64. The van der Waals surface area contributed by atoms with E-state index >= 15 is 0 Å². The van der Waals surface area contributed by atoms with Crippen molar-refractivity contribution >= 4 is 23.4 Å². The number of benzene rings is 1. The molecule has 0 spiro atoms. The largest absolute Gasteiger partial charge is 0.478 e. The number of aromatic carboxylic acids is 1. The number of carbonyl (C=O) groups is 1. The zero-order chi connectivity index (χ0) is 15.5. The summed E-state index contributed by atoms with van der Waals surface area (Å²) < 4.78 is 27.6. The van der Waals surface area contributed by atoms with E-state index in [1.165, 1.54) is 12.5 Å². The number of anilines is 1. The lowest BCUT2D eigenvalue weighted by molar-refractivity contribution is 0.0690. The first-order valence-corrected chi connectivity index (χ1v) is 8.22. The van der Waals surface area contributed by atoms with Crippen LogP contribution in [0.2, 0.25) is 0 Å². The van der Waals surface area contributed by atoms with Gasteiger partial charge in [-0.15, -0.1) is 0 Å². The molecule has 1 saturated carbocycles. The summed E-state index contributed by atoms with van der Waals surface area (Å²) in [7, 11) is 0. The molecule has 0 atom stereocenters. The predicted octanol–water partition coefficient (Wildman–Crippen LogP) is 4.14. The van der Waals surface area contributed by atoms with Gasteiger partial charge in [0, 0.05) is 11.3 Å². The predicted molar refractivity (Wildman–Crippen MR) is 81.1 cm³/mol. The molecule has 2 N–H and O–H groups in total. The summed E-state index contributed by atoms with van der Waals surface area (Å²) in [6.07, 6.45) is 7.67. The Morgan fingerprint density at radius 2 is 1.95 bits per heavy atom. The third-order valence-electron chi connectivity index (χ3n) is 4.11. The molecular formula is C15H19F2NO2S. The summed E-state index contributed by atoms with van der Waals surface area (Å²) in [4.78, 5) is 10.8. The Morgan fingerprint density at radius 3 is 2.52 bits per heavy atom. The maximum Gasteiger partial charge on any atom is 0.338 e. The number of nitrogens with one attached hydrogen (secondary N) is 1. The summed E-state index contributed by atoms with van der Waals surface area (Å²) in [5.41, 5.74) is -0.619. The van der Waals surface area contributed by atoms with Gasteiger partial charge >= 0.3 is 5.97 Å². The van der Waals surface area contributed by atoms with Gasteiger partial charge in [-0.25, -0.2) is 13.6 Å². The first-order chi connectivity index (χ1) is 9.99. The molecule has 3 nitrogen and oxygen atoms in total. The van der Waals surface area contributed by atoms with Crippen LogP contribution in [-0.4, -0.2) is 28.6 Å². The average Bonchev–Trinajstić information content (AvgIpc) is 2.49. The van der Waals surface area contributed by atoms with Gasteiger partial charge in [-0.3, -0.25) is 0 Å². The van der Waals surface area contributed by atoms with Gasteiger partial charge in [-0.1, -0.05) is 19.3 Å². The fraction of sp³-hybridized carbons (Fsp3) is 0.533. The van der Waals surface area contributed by atoms with E-state index in [9.17, 15) is 13.6 Å². The third-order valence-corrected chi connectivity index (χ3v) is 5.53. The standard InChI is InChI=1S/C15H19F2NO2S/c1-21-15(7-3-2-4-8-15)9-18-11-6-5-10(14(19)20)12(16)13(11)17/h5-6,18H,2-4,7-9H2,1H3,(H,19,20). The van der Waals surface area contributed by atoms with Crippen molar-refractivity contribution in [2.24, 2.45) is 0 Å². The monoisotopic (exact) mass is 315 g/mol. The minimum Gasteiger partial charge on any atom is -0.478 e. The molecule has 0 radical (unpaired) electrons. The highest BCUT2D eigenvalue weighted by Crippen LogP contribution is 2.38. The number of hydrogen-bond donors (Lipinski definition) is 2. The van der Waals surface area contributed by atoms with Gasteiger partial charge in [0.05, 0.1) is 11.3 Å². The van der Waals surface area contributed by atoms with E-state index in [-0.39, 0.29) is 10.4 Å². The SMILES string of the molecule is CSC1(CNc2ccc(C(=O)O)c(F)c2F)CCCCC1. The zero-order valence-electron chi connectivity index (χ0n) is 11.9. The van der Waals surface area contributed by atoms with E-state index in [0.717, 1.165) is 31.7 Å². The number of thioether (sulfide) groups is 1. The van der Waals surface area contributed by atoms with E-state index in [0.29, 0.717) is 6.54 Å². The highest BCUT2D eigenvalue weighted by molar-refractivity contribution is 8.00. The van der Waals surface area contributed by atoms with Gasteiger partial charge in [0.15, 0.2) is 11.6 Å². The number of carboxylic acids is 1.